The maximum Gasteiger partial charge on any atom is 0.0568 e. The Morgan fingerprint density at radius 3 is 2.35 bits per heavy atom. The molecule has 98 valence electrons. The van der Waals surface area contributed by atoms with Gasteiger partial charge in [-0.15, -0.1) is 0 Å². The maximum atomic E-state index is 6.53. The minimum Gasteiger partial charge on any atom is -0.0830 e. The quantitative estimate of drug-likeness (QED) is 0.471. The van der Waals surface area contributed by atoms with Crippen molar-refractivity contribution in [2.24, 2.45) is 0 Å². The van der Waals surface area contributed by atoms with E-state index in [1.165, 1.54) is 0 Å². The van der Waals surface area contributed by atoms with Crippen LogP contribution in [0.1, 0.15) is 11.1 Å². The molecule has 3 aromatic rings. The lowest BCUT2D eigenvalue weighted by Crippen LogP contribution is -1.82. The number of hydrogen-bond donors (Lipinski definition) is 0. The molecule has 0 nitrogen and oxygen atoms in total. The number of benzene rings is 3. The number of rotatable bonds is 2. The molecule has 20 heavy (non-hydrogen) atoms. The first kappa shape index (κ1) is 13.4. The average Bonchev–Trinajstić information content (AvgIpc) is 2.48. The van der Waals surface area contributed by atoms with Gasteiger partial charge in [-0.05, 0) is 17.0 Å². The molecule has 3 rings (SSSR count). The lowest BCUT2D eigenvalue weighted by atomic mass is 10.1. The number of hydrogen-bond acceptors (Lipinski definition) is 0. The third kappa shape index (κ3) is 2.65. The summed E-state index contributed by atoms with van der Waals surface area (Å²) in [6.07, 6.45) is 4.12. The van der Waals surface area contributed by atoms with Crippen molar-refractivity contribution in [2.45, 2.75) is 0 Å². The molecule has 0 unspecified atom stereocenters. The van der Waals surface area contributed by atoms with Gasteiger partial charge in [-0.2, -0.15) is 0 Å². The highest BCUT2D eigenvalue weighted by Crippen LogP contribution is 2.34. The Hall–Kier alpha value is -1.57. The molecule has 2 heteroatoms. The van der Waals surface area contributed by atoms with E-state index in [0.717, 1.165) is 31.4 Å². The molecular weight excluding hydrogens is 332 g/mol. The molecule has 0 aliphatic rings. The summed E-state index contributed by atoms with van der Waals surface area (Å²) in [7, 11) is 0. The Kier molecular flexibility index (Phi) is 3.90. The van der Waals surface area contributed by atoms with Crippen molar-refractivity contribution in [3.63, 3.8) is 0 Å². The van der Waals surface area contributed by atoms with Crippen LogP contribution in [0.5, 0.6) is 0 Å². The molecule has 0 fully saturated rings. The SMILES string of the molecule is Clc1c(/C=C/c2ccccc2)c(Br)cc2ccccc12. The van der Waals surface area contributed by atoms with Crippen LogP contribution in [-0.4, -0.2) is 0 Å². The van der Waals surface area contributed by atoms with Gasteiger partial charge in [0.15, 0.2) is 0 Å². The summed E-state index contributed by atoms with van der Waals surface area (Å²) in [6.45, 7) is 0. The Morgan fingerprint density at radius 2 is 1.55 bits per heavy atom. The summed E-state index contributed by atoms with van der Waals surface area (Å²) >= 11 is 10.1. The van der Waals surface area contributed by atoms with E-state index < -0.39 is 0 Å². The van der Waals surface area contributed by atoms with Crippen LogP contribution in [0.2, 0.25) is 5.02 Å². The minimum atomic E-state index is 0.780. The van der Waals surface area contributed by atoms with Crippen LogP contribution in [0, 0.1) is 0 Å². The van der Waals surface area contributed by atoms with E-state index in [0.29, 0.717) is 0 Å². The average molecular weight is 344 g/mol. The van der Waals surface area contributed by atoms with Gasteiger partial charge in [0.25, 0.3) is 0 Å². The summed E-state index contributed by atoms with van der Waals surface area (Å²) < 4.78 is 1.01. The number of fused-ring (bicyclic) bond motifs is 1. The zero-order valence-electron chi connectivity index (χ0n) is 10.7. The first-order valence-corrected chi connectivity index (χ1v) is 7.52. The van der Waals surface area contributed by atoms with E-state index in [2.05, 4.69) is 46.3 Å². The lowest BCUT2D eigenvalue weighted by molar-refractivity contribution is 1.64. The zero-order valence-corrected chi connectivity index (χ0v) is 13.0. The topological polar surface area (TPSA) is 0 Å². The van der Waals surface area contributed by atoms with Crippen LogP contribution in [0.25, 0.3) is 22.9 Å². The molecule has 0 amide bonds. The Labute approximate surface area is 131 Å². The van der Waals surface area contributed by atoms with E-state index in [9.17, 15) is 0 Å². The monoisotopic (exact) mass is 342 g/mol. The largest absolute Gasteiger partial charge is 0.0830 e. The first-order valence-electron chi connectivity index (χ1n) is 6.35. The van der Waals surface area contributed by atoms with Gasteiger partial charge in [-0.1, -0.05) is 94.3 Å². The van der Waals surface area contributed by atoms with Crippen LogP contribution in [0.3, 0.4) is 0 Å². The van der Waals surface area contributed by atoms with Crippen LogP contribution < -0.4 is 0 Å². The van der Waals surface area contributed by atoms with Crippen molar-refractivity contribution >= 4 is 50.5 Å². The van der Waals surface area contributed by atoms with Gasteiger partial charge < -0.3 is 0 Å². The summed E-state index contributed by atoms with van der Waals surface area (Å²) in [5, 5.41) is 2.99. The minimum absolute atomic E-state index is 0.780. The van der Waals surface area contributed by atoms with Gasteiger partial charge in [0, 0.05) is 15.4 Å². The fourth-order valence-corrected chi connectivity index (χ4v) is 3.21. The van der Waals surface area contributed by atoms with E-state index in [-0.39, 0.29) is 0 Å². The standard InChI is InChI=1S/C18H12BrCl/c19-17-12-14-8-4-5-9-15(14)18(20)16(17)11-10-13-6-2-1-3-7-13/h1-12H/b11-10+. The van der Waals surface area contributed by atoms with Gasteiger partial charge in [-0.25, -0.2) is 0 Å². The van der Waals surface area contributed by atoms with Crippen molar-refractivity contribution in [1.82, 2.24) is 0 Å². The van der Waals surface area contributed by atoms with Crippen molar-refractivity contribution in [3.8, 4) is 0 Å². The van der Waals surface area contributed by atoms with Gasteiger partial charge in [0.05, 0.1) is 5.02 Å². The van der Waals surface area contributed by atoms with Gasteiger partial charge in [0.2, 0.25) is 0 Å². The fourth-order valence-electron chi connectivity index (χ4n) is 2.18. The molecule has 0 radical (unpaired) electrons. The normalized spacial score (nSPS) is 11.3. The first-order chi connectivity index (χ1) is 9.75. The predicted octanol–water partition coefficient (Wildman–Crippen LogP) is 6.43. The van der Waals surface area contributed by atoms with Crippen LogP contribution in [0.15, 0.2) is 65.1 Å². The Bertz CT molecular complexity index is 776. The third-order valence-corrected chi connectivity index (χ3v) is 4.28. The second kappa shape index (κ2) is 5.82. The molecule has 3 aromatic carbocycles. The van der Waals surface area contributed by atoms with Crippen molar-refractivity contribution in [3.05, 3.63) is 81.3 Å². The Balaban J connectivity index is 2.10. The molecular formula is C18H12BrCl. The highest BCUT2D eigenvalue weighted by atomic mass is 79.9. The Morgan fingerprint density at radius 1 is 0.850 bits per heavy atom. The van der Waals surface area contributed by atoms with Gasteiger partial charge >= 0.3 is 0 Å². The smallest absolute Gasteiger partial charge is 0.0568 e. The summed E-state index contributed by atoms with van der Waals surface area (Å²) in [5.41, 5.74) is 2.16. The molecule has 0 atom stereocenters. The summed E-state index contributed by atoms with van der Waals surface area (Å²) in [5.74, 6) is 0. The molecule has 0 N–H and O–H groups in total. The molecule has 0 heterocycles. The van der Waals surface area contributed by atoms with Crippen LogP contribution in [0.4, 0.5) is 0 Å². The van der Waals surface area contributed by atoms with E-state index >= 15 is 0 Å². The molecule has 0 saturated carbocycles. The highest BCUT2D eigenvalue weighted by molar-refractivity contribution is 9.10. The van der Waals surface area contributed by atoms with Gasteiger partial charge in [-0.3, -0.25) is 0 Å². The summed E-state index contributed by atoms with van der Waals surface area (Å²) in [6, 6.07) is 20.4. The maximum absolute atomic E-state index is 6.53. The molecule has 0 saturated heterocycles. The third-order valence-electron chi connectivity index (χ3n) is 3.22. The fraction of sp³-hybridized carbons (Fsp3) is 0. The van der Waals surface area contributed by atoms with E-state index in [1.807, 2.05) is 42.5 Å². The molecule has 0 aliphatic heterocycles. The van der Waals surface area contributed by atoms with Crippen molar-refractivity contribution in [2.75, 3.05) is 0 Å². The van der Waals surface area contributed by atoms with E-state index in [4.69, 9.17) is 11.6 Å². The second-order valence-corrected chi connectivity index (χ2v) is 5.78. The van der Waals surface area contributed by atoms with Crippen LogP contribution in [-0.2, 0) is 0 Å². The lowest BCUT2D eigenvalue weighted by Gasteiger charge is -2.07. The number of halogens is 2. The van der Waals surface area contributed by atoms with Crippen LogP contribution >= 0.6 is 27.5 Å². The highest BCUT2D eigenvalue weighted by Gasteiger charge is 2.07. The predicted molar refractivity (Wildman–Crippen MR) is 92.0 cm³/mol. The summed E-state index contributed by atoms with van der Waals surface area (Å²) in [4.78, 5) is 0. The molecule has 0 aliphatic carbocycles. The van der Waals surface area contributed by atoms with Gasteiger partial charge in [0.1, 0.15) is 0 Å². The second-order valence-electron chi connectivity index (χ2n) is 4.55. The van der Waals surface area contributed by atoms with E-state index in [1.54, 1.807) is 0 Å². The zero-order chi connectivity index (χ0) is 13.9. The molecule has 0 bridgehead atoms. The molecule has 0 spiro atoms. The molecule has 0 aromatic heterocycles. The van der Waals surface area contributed by atoms with Crippen molar-refractivity contribution < 1.29 is 0 Å². The van der Waals surface area contributed by atoms with Crippen molar-refractivity contribution in [1.29, 1.82) is 0 Å².